The van der Waals surface area contributed by atoms with Crippen LogP contribution in [0.1, 0.15) is 66.2 Å². The van der Waals surface area contributed by atoms with Crippen LogP contribution in [0, 0.1) is 22.7 Å². The molecule has 3 rings (SSSR count). The molecule has 0 spiro atoms. The lowest BCUT2D eigenvalue weighted by Gasteiger charge is -2.42. The molecule has 0 amide bonds. The van der Waals surface area contributed by atoms with Gasteiger partial charge in [0.25, 0.3) is 0 Å². The molecule has 0 aromatic rings. The molecular formula is C17H30O2. The zero-order chi connectivity index (χ0) is 13.8. The van der Waals surface area contributed by atoms with Crippen molar-refractivity contribution >= 4 is 0 Å². The van der Waals surface area contributed by atoms with Crippen molar-refractivity contribution in [2.45, 2.75) is 84.5 Å². The van der Waals surface area contributed by atoms with Crippen LogP contribution in [-0.2, 0) is 4.74 Å². The van der Waals surface area contributed by atoms with Gasteiger partial charge in [-0.25, -0.2) is 0 Å². The summed E-state index contributed by atoms with van der Waals surface area (Å²) >= 11 is 0. The number of aliphatic hydroxyl groups is 1. The van der Waals surface area contributed by atoms with Crippen molar-refractivity contribution in [3.05, 3.63) is 0 Å². The maximum Gasteiger partial charge on any atom is 0.0840 e. The van der Waals surface area contributed by atoms with Crippen LogP contribution in [0.15, 0.2) is 0 Å². The average molecular weight is 266 g/mol. The molecule has 3 aliphatic rings. The summed E-state index contributed by atoms with van der Waals surface area (Å²) in [5.74, 6) is 1.52. The first-order valence-electron chi connectivity index (χ1n) is 8.18. The minimum atomic E-state index is -0.234. The zero-order valence-corrected chi connectivity index (χ0v) is 13.0. The monoisotopic (exact) mass is 266 g/mol. The number of rotatable bonds is 2. The Bertz CT molecular complexity index is 351. The van der Waals surface area contributed by atoms with Gasteiger partial charge in [-0.1, -0.05) is 27.7 Å². The molecule has 0 saturated heterocycles. The molecule has 3 aliphatic carbocycles. The molecule has 3 fully saturated rings. The van der Waals surface area contributed by atoms with Crippen LogP contribution in [0.2, 0.25) is 0 Å². The molecule has 0 heterocycles. The summed E-state index contributed by atoms with van der Waals surface area (Å²) in [5, 5.41) is 10.2. The van der Waals surface area contributed by atoms with Crippen LogP contribution in [0.25, 0.3) is 0 Å². The summed E-state index contributed by atoms with van der Waals surface area (Å²) < 4.78 is 6.46. The van der Waals surface area contributed by atoms with E-state index in [4.69, 9.17) is 4.74 Å². The number of fused-ring (bicyclic) bond motifs is 2. The first-order chi connectivity index (χ1) is 8.84. The van der Waals surface area contributed by atoms with Gasteiger partial charge in [0.15, 0.2) is 0 Å². The molecule has 6 unspecified atom stereocenters. The molecule has 0 aromatic heterocycles. The summed E-state index contributed by atoms with van der Waals surface area (Å²) in [6, 6.07) is 0. The fourth-order valence-corrected chi connectivity index (χ4v) is 5.01. The van der Waals surface area contributed by atoms with Gasteiger partial charge in [0, 0.05) is 0 Å². The first-order valence-corrected chi connectivity index (χ1v) is 8.18. The third-order valence-electron chi connectivity index (χ3n) is 7.07. The second-order valence-corrected chi connectivity index (χ2v) is 8.26. The molecule has 19 heavy (non-hydrogen) atoms. The summed E-state index contributed by atoms with van der Waals surface area (Å²) in [6.45, 7) is 9.56. The van der Waals surface area contributed by atoms with E-state index in [1.54, 1.807) is 0 Å². The van der Waals surface area contributed by atoms with Crippen LogP contribution in [0.3, 0.4) is 0 Å². The molecule has 110 valence electrons. The number of hydrogen-bond donors (Lipinski definition) is 1. The normalized spacial score (nSPS) is 52.6. The van der Waals surface area contributed by atoms with Gasteiger partial charge < -0.3 is 9.84 Å². The molecule has 0 aliphatic heterocycles. The van der Waals surface area contributed by atoms with E-state index in [0.717, 1.165) is 25.2 Å². The van der Waals surface area contributed by atoms with Gasteiger partial charge in [0.1, 0.15) is 0 Å². The Kier molecular flexibility index (Phi) is 3.26. The van der Waals surface area contributed by atoms with Gasteiger partial charge in [0.05, 0.1) is 18.3 Å². The second-order valence-electron chi connectivity index (χ2n) is 8.26. The molecular weight excluding hydrogens is 236 g/mol. The van der Waals surface area contributed by atoms with E-state index in [0.29, 0.717) is 22.9 Å². The summed E-state index contributed by atoms with van der Waals surface area (Å²) in [5.41, 5.74) is 0.723. The van der Waals surface area contributed by atoms with E-state index in [9.17, 15) is 5.11 Å². The molecule has 0 aromatic carbocycles. The predicted octanol–water partition coefficient (Wildman–Crippen LogP) is 3.77. The smallest absolute Gasteiger partial charge is 0.0840 e. The van der Waals surface area contributed by atoms with Crippen LogP contribution < -0.4 is 0 Å². The topological polar surface area (TPSA) is 29.5 Å². The van der Waals surface area contributed by atoms with Crippen molar-refractivity contribution in [1.82, 2.24) is 0 Å². The van der Waals surface area contributed by atoms with Crippen LogP contribution >= 0.6 is 0 Å². The lowest BCUT2D eigenvalue weighted by atomic mass is 9.70. The Balaban J connectivity index is 1.71. The maximum absolute atomic E-state index is 10.2. The average Bonchev–Trinajstić information content (AvgIpc) is 2.67. The molecule has 1 N–H and O–H groups in total. The number of aliphatic hydroxyl groups excluding tert-OH is 1. The number of hydrogen-bond acceptors (Lipinski definition) is 2. The second kappa shape index (κ2) is 4.46. The highest BCUT2D eigenvalue weighted by atomic mass is 16.5. The van der Waals surface area contributed by atoms with E-state index in [1.165, 1.54) is 19.3 Å². The summed E-state index contributed by atoms with van der Waals surface area (Å²) in [7, 11) is 0. The molecule has 3 saturated carbocycles. The SMILES string of the molecule is CC1CCC(O)C(OC2CC3CCC2(C)C3(C)C)C1. The van der Waals surface area contributed by atoms with Crippen molar-refractivity contribution in [3.8, 4) is 0 Å². The van der Waals surface area contributed by atoms with E-state index in [2.05, 4.69) is 27.7 Å². The van der Waals surface area contributed by atoms with Gasteiger partial charge in [-0.05, 0) is 61.2 Å². The van der Waals surface area contributed by atoms with Gasteiger partial charge in [-0.2, -0.15) is 0 Å². The van der Waals surface area contributed by atoms with Crippen molar-refractivity contribution in [1.29, 1.82) is 0 Å². The van der Waals surface area contributed by atoms with E-state index < -0.39 is 0 Å². The van der Waals surface area contributed by atoms with Crippen molar-refractivity contribution in [3.63, 3.8) is 0 Å². The Labute approximate surface area is 117 Å². The van der Waals surface area contributed by atoms with E-state index in [-0.39, 0.29) is 12.2 Å². The summed E-state index contributed by atoms with van der Waals surface area (Å²) in [6.07, 6.45) is 7.20. The fraction of sp³-hybridized carbons (Fsp3) is 1.00. The fourth-order valence-electron chi connectivity index (χ4n) is 5.01. The van der Waals surface area contributed by atoms with Gasteiger partial charge >= 0.3 is 0 Å². The van der Waals surface area contributed by atoms with Gasteiger partial charge in [-0.15, -0.1) is 0 Å². The Morgan fingerprint density at radius 1 is 1.05 bits per heavy atom. The lowest BCUT2D eigenvalue weighted by molar-refractivity contribution is -0.141. The third-order valence-corrected chi connectivity index (χ3v) is 7.07. The van der Waals surface area contributed by atoms with Crippen LogP contribution in [-0.4, -0.2) is 23.4 Å². The molecule has 0 radical (unpaired) electrons. The summed E-state index contributed by atoms with van der Waals surface area (Å²) in [4.78, 5) is 0. The highest BCUT2D eigenvalue weighted by Crippen LogP contribution is 2.66. The molecule has 2 bridgehead atoms. The molecule has 6 atom stereocenters. The minimum absolute atomic E-state index is 0.0840. The Hall–Kier alpha value is -0.0800. The number of ether oxygens (including phenoxy) is 1. The standard InChI is InChI=1S/C17H30O2/c1-11-5-6-13(18)14(9-11)19-15-10-12-7-8-17(15,4)16(12,2)3/h11-15,18H,5-10H2,1-4H3. The lowest BCUT2D eigenvalue weighted by Crippen LogP contribution is -2.44. The zero-order valence-electron chi connectivity index (χ0n) is 13.0. The molecule has 2 heteroatoms. The van der Waals surface area contributed by atoms with Crippen LogP contribution in [0.4, 0.5) is 0 Å². The first kappa shape index (κ1) is 13.9. The van der Waals surface area contributed by atoms with Crippen LogP contribution in [0.5, 0.6) is 0 Å². The Morgan fingerprint density at radius 2 is 1.79 bits per heavy atom. The van der Waals surface area contributed by atoms with Crippen molar-refractivity contribution in [2.75, 3.05) is 0 Å². The van der Waals surface area contributed by atoms with Gasteiger partial charge in [-0.3, -0.25) is 0 Å². The van der Waals surface area contributed by atoms with Crippen molar-refractivity contribution in [2.24, 2.45) is 22.7 Å². The molecule has 2 nitrogen and oxygen atoms in total. The van der Waals surface area contributed by atoms with E-state index >= 15 is 0 Å². The van der Waals surface area contributed by atoms with Crippen molar-refractivity contribution < 1.29 is 9.84 Å². The highest BCUT2D eigenvalue weighted by molar-refractivity contribution is 5.11. The highest BCUT2D eigenvalue weighted by Gasteiger charge is 2.62. The minimum Gasteiger partial charge on any atom is -0.390 e. The predicted molar refractivity (Wildman–Crippen MR) is 76.9 cm³/mol. The third kappa shape index (κ3) is 1.98. The Morgan fingerprint density at radius 3 is 2.37 bits per heavy atom. The maximum atomic E-state index is 10.2. The largest absolute Gasteiger partial charge is 0.390 e. The van der Waals surface area contributed by atoms with E-state index in [1.807, 2.05) is 0 Å². The quantitative estimate of drug-likeness (QED) is 0.824. The van der Waals surface area contributed by atoms with Gasteiger partial charge in [0.2, 0.25) is 0 Å².